The average molecular weight is 167 g/mol. The van der Waals surface area contributed by atoms with Gasteiger partial charge in [-0.25, -0.2) is 4.98 Å². The molecule has 0 saturated carbocycles. The molecule has 1 N–H and O–H groups in total. The minimum Gasteiger partial charge on any atom is -0.481 e. The SMILES string of the molecule is COc1cc(CC(=O)O)ccn1. The number of aliphatic carboxylic acids is 1. The van der Waals surface area contributed by atoms with Crippen molar-refractivity contribution in [3.8, 4) is 5.88 Å². The molecule has 0 bridgehead atoms. The van der Waals surface area contributed by atoms with Crippen molar-refractivity contribution < 1.29 is 14.6 Å². The van der Waals surface area contributed by atoms with Gasteiger partial charge in [-0.15, -0.1) is 0 Å². The van der Waals surface area contributed by atoms with Crippen LogP contribution in [-0.4, -0.2) is 23.2 Å². The third-order valence-electron chi connectivity index (χ3n) is 1.36. The number of rotatable bonds is 3. The average Bonchev–Trinajstić information content (AvgIpc) is 2.03. The van der Waals surface area contributed by atoms with Gasteiger partial charge in [0.25, 0.3) is 0 Å². The number of methoxy groups -OCH3 is 1. The molecule has 0 atom stereocenters. The second-order valence-corrected chi connectivity index (χ2v) is 2.28. The quantitative estimate of drug-likeness (QED) is 0.720. The van der Waals surface area contributed by atoms with Crippen LogP contribution in [0.1, 0.15) is 5.56 Å². The van der Waals surface area contributed by atoms with E-state index in [2.05, 4.69) is 4.98 Å². The number of carboxylic acids is 1. The van der Waals surface area contributed by atoms with E-state index in [0.717, 1.165) is 0 Å². The summed E-state index contributed by atoms with van der Waals surface area (Å²) in [4.78, 5) is 14.2. The van der Waals surface area contributed by atoms with Crippen LogP contribution < -0.4 is 4.74 Å². The molecule has 0 radical (unpaired) electrons. The molecule has 64 valence electrons. The summed E-state index contributed by atoms with van der Waals surface area (Å²) in [5.41, 5.74) is 0.689. The molecule has 0 aliphatic heterocycles. The second-order valence-electron chi connectivity index (χ2n) is 2.28. The number of aromatic nitrogens is 1. The van der Waals surface area contributed by atoms with Crippen molar-refractivity contribution >= 4 is 5.97 Å². The van der Waals surface area contributed by atoms with Crippen LogP contribution in [0.4, 0.5) is 0 Å². The summed E-state index contributed by atoms with van der Waals surface area (Å²) < 4.78 is 4.83. The molecule has 1 heterocycles. The van der Waals surface area contributed by atoms with Crippen molar-refractivity contribution in [2.24, 2.45) is 0 Å². The molecule has 0 spiro atoms. The van der Waals surface area contributed by atoms with Crippen molar-refractivity contribution in [2.75, 3.05) is 7.11 Å². The lowest BCUT2D eigenvalue weighted by Gasteiger charge is -1.99. The predicted octanol–water partition coefficient (Wildman–Crippen LogP) is 0.717. The molecule has 0 saturated heterocycles. The molecular weight excluding hydrogens is 158 g/mol. The topological polar surface area (TPSA) is 59.4 Å². The third kappa shape index (κ3) is 2.23. The summed E-state index contributed by atoms with van der Waals surface area (Å²) in [6.07, 6.45) is 1.52. The highest BCUT2D eigenvalue weighted by Gasteiger charge is 2.01. The zero-order valence-electron chi connectivity index (χ0n) is 6.65. The van der Waals surface area contributed by atoms with Crippen molar-refractivity contribution in [1.82, 2.24) is 4.98 Å². The fourth-order valence-electron chi connectivity index (χ4n) is 0.847. The van der Waals surface area contributed by atoms with Crippen LogP contribution in [0, 0.1) is 0 Å². The lowest BCUT2D eigenvalue weighted by Crippen LogP contribution is -2.00. The number of hydrogen-bond donors (Lipinski definition) is 1. The molecule has 0 unspecified atom stereocenters. The molecule has 0 aliphatic rings. The summed E-state index contributed by atoms with van der Waals surface area (Å²) in [5, 5.41) is 8.47. The molecular formula is C8H9NO3. The number of pyridine rings is 1. The van der Waals surface area contributed by atoms with E-state index in [0.29, 0.717) is 11.4 Å². The number of ether oxygens (including phenoxy) is 1. The van der Waals surface area contributed by atoms with Crippen LogP contribution in [0.3, 0.4) is 0 Å². The monoisotopic (exact) mass is 167 g/mol. The molecule has 1 aromatic rings. The maximum absolute atomic E-state index is 10.3. The highest BCUT2D eigenvalue weighted by Crippen LogP contribution is 2.08. The first kappa shape index (κ1) is 8.52. The van der Waals surface area contributed by atoms with Gasteiger partial charge in [-0.05, 0) is 11.6 Å². The Balaban J connectivity index is 2.79. The van der Waals surface area contributed by atoms with E-state index in [4.69, 9.17) is 9.84 Å². The van der Waals surface area contributed by atoms with Gasteiger partial charge in [-0.3, -0.25) is 4.79 Å². The Bertz CT molecular complexity index is 285. The molecule has 0 fully saturated rings. The van der Waals surface area contributed by atoms with Crippen LogP contribution in [0.15, 0.2) is 18.3 Å². The fraction of sp³-hybridized carbons (Fsp3) is 0.250. The Morgan fingerprint density at radius 2 is 2.50 bits per heavy atom. The maximum Gasteiger partial charge on any atom is 0.307 e. The minimum absolute atomic E-state index is 0.00111. The van der Waals surface area contributed by atoms with Gasteiger partial charge < -0.3 is 9.84 Å². The Labute approximate surface area is 69.8 Å². The number of carboxylic acid groups (broad SMARTS) is 1. The van der Waals surface area contributed by atoms with Crippen molar-refractivity contribution in [1.29, 1.82) is 0 Å². The minimum atomic E-state index is -0.858. The Morgan fingerprint density at radius 1 is 1.75 bits per heavy atom. The first-order valence-corrected chi connectivity index (χ1v) is 3.43. The molecule has 12 heavy (non-hydrogen) atoms. The zero-order chi connectivity index (χ0) is 8.97. The van der Waals surface area contributed by atoms with E-state index in [9.17, 15) is 4.79 Å². The lowest BCUT2D eigenvalue weighted by atomic mass is 10.2. The maximum atomic E-state index is 10.3. The standard InChI is InChI=1S/C8H9NO3/c1-12-7-4-6(2-3-9-7)5-8(10)11/h2-4H,5H2,1H3,(H,10,11). The van der Waals surface area contributed by atoms with Gasteiger partial charge in [0.1, 0.15) is 0 Å². The van der Waals surface area contributed by atoms with Gasteiger partial charge in [0, 0.05) is 12.3 Å². The molecule has 4 nitrogen and oxygen atoms in total. The van der Waals surface area contributed by atoms with Crippen molar-refractivity contribution in [3.63, 3.8) is 0 Å². The third-order valence-corrected chi connectivity index (χ3v) is 1.36. The van der Waals surface area contributed by atoms with E-state index >= 15 is 0 Å². The summed E-state index contributed by atoms with van der Waals surface area (Å²) in [5.74, 6) is -0.419. The predicted molar refractivity (Wildman–Crippen MR) is 42.1 cm³/mol. The molecule has 0 aromatic carbocycles. The summed E-state index contributed by atoms with van der Waals surface area (Å²) in [6, 6.07) is 3.25. The summed E-state index contributed by atoms with van der Waals surface area (Å²) >= 11 is 0. The van der Waals surface area contributed by atoms with E-state index in [1.165, 1.54) is 13.3 Å². The first-order chi connectivity index (χ1) is 5.72. The smallest absolute Gasteiger partial charge is 0.307 e. The van der Waals surface area contributed by atoms with Gasteiger partial charge in [0.15, 0.2) is 0 Å². The highest BCUT2D eigenvalue weighted by molar-refractivity contribution is 5.70. The summed E-state index contributed by atoms with van der Waals surface area (Å²) in [6.45, 7) is 0. The fourth-order valence-corrected chi connectivity index (χ4v) is 0.847. The van der Waals surface area contributed by atoms with Crippen LogP contribution >= 0.6 is 0 Å². The highest BCUT2D eigenvalue weighted by atomic mass is 16.5. The van der Waals surface area contributed by atoms with Gasteiger partial charge in [0.05, 0.1) is 13.5 Å². The van der Waals surface area contributed by atoms with Gasteiger partial charge in [-0.2, -0.15) is 0 Å². The molecule has 4 heteroatoms. The van der Waals surface area contributed by atoms with E-state index in [1.807, 2.05) is 0 Å². The molecule has 1 aromatic heterocycles. The number of carbonyl (C=O) groups is 1. The second kappa shape index (κ2) is 3.71. The van der Waals surface area contributed by atoms with Crippen molar-refractivity contribution in [2.45, 2.75) is 6.42 Å². The molecule has 0 aliphatic carbocycles. The Kier molecular flexibility index (Phi) is 2.63. The Morgan fingerprint density at radius 3 is 3.08 bits per heavy atom. The number of hydrogen-bond acceptors (Lipinski definition) is 3. The number of nitrogens with zero attached hydrogens (tertiary/aromatic N) is 1. The van der Waals surface area contributed by atoms with Crippen LogP contribution in [0.5, 0.6) is 5.88 Å². The Hall–Kier alpha value is -1.58. The van der Waals surface area contributed by atoms with E-state index in [-0.39, 0.29) is 6.42 Å². The first-order valence-electron chi connectivity index (χ1n) is 3.43. The lowest BCUT2D eigenvalue weighted by molar-refractivity contribution is -0.136. The largest absolute Gasteiger partial charge is 0.481 e. The molecule has 0 amide bonds. The van der Waals surface area contributed by atoms with E-state index in [1.54, 1.807) is 12.1 Å². The van der Waals surface area contributed by atoms with Crippen LogP contribution in [0.2, 0.25) is 0 Å². The van der Waals surface area contributed by atoms with Crippen molar-refractivity contribution in [3.05, 3.63) is 23.9 Å². The van der Waals surface area contributed by atoms with E-state index < -0.39 is 5.97 Å². The van der Waals surface area contributed by atoms with Gasteiger partial charge >= 0.3 is 5.97 Å². The van der Waals surface area contributed by atoms with Gasteiger partial charge in [-0.1, -0.05) is 0 Å². The summed E-state index contributed by atoms with van der Waals surface area (Å²) in [7, 11) is 1.49. The molecule has 1 rings (SSSR count). The van der Waals surface area contributed by atoms with Crippen LogP contribution in [0.25, 0.3) is 0 Å². The van der Waals surface area contributed by atoms with Gasteiger partial charge in [0.2, 0.25) is 5.88 Å². The van der Waals surface area contributed by atoms with Crippen LogP contribution in [-0.2, 0) is 11.2 Å². The zero-order valence-corrected chi connectivity index (χ0v) is 6.65. The normalized spacial score (nSPS) is 9.42.